The lowest BCUT2D eigenvalue weighted by molar-refractivity contribution is -0.151. The molecule has 0 aromatic rings. The molecular formula is C21H34O. The maximum atomic E-state index is 12.5. The highest BCUT2D eigenvalue weighted by atomic mass is 16.1. The zero-order valence-electron chi connectivity index (χ0n) is 15.1. The Labute approximate surface area is 136 Å². The van der Waals surface area contributed by atoms with Crippen LogP contribution < -0.4 is 0 Å². The SMILES string of the molecule is CC1(C)CCC[C@]2(C)[C@H]3CC[C@@]4(C)C(=O)CC[C@H]4[C@@H]3CC[C@@H]12. The summed E-state index contributed by atoms with van der Waals surface area (Å²) in [6, 6.07) is 0. The number of carbonyl (C=O) groups is 1. The van der Waals surface area contributed by atoms with E-state index in [-0.39, 0.29) is 5.41 Å². The van der Waals surface area contributed by atoms with Crippen LogP contribution in [0.25, 0.3) is 0 Å². The van der Waals surface area contributed by atoms with E-state index in [1.54, 1.807) is 0 Å². The second-order valence-corrected chi connectivity index (χ2v) is 10.3. The fourth-order valence-corrected chi connectivity index (χ4v) is 7.97. The van der Waals surface area contributed by atoms with E-state index >= 15 is 0 Å². The first-order valence-electron chi connectivity index (χ1n) is 9.82. The van der Waals surface area contributed by atoms with Gasteiger partial charge in [-0.05, 0) is 79.4 Å². The van der Waals surface area contributed by atoms with Crippen LogP contribution in [0.2, 0.25) is 0 Å². The summed E-state index contributed by atoms with van der Waals surface area (Å²) in [6.45, 7) is 10.0. The molecule has 4 rings (SSSR count). The predicted octanol–water partition coefficient (Wildman–Crippen LogP) is 5.62. The molecule has 0 amide bonds. The van der Waals surface area contributed by atoms with E-state index in [2.05, 4.69) is 27.7 Å². The van der Waals surface area contributed by atoms with Crippen LogP contribution in [0.4, 0.5) is 0 Å². The van der Waals surface area contributed by atoms with Gasteiger partial charge in [-0.3, -0.25) is 4.79 Å². The summed E-state index contributed by atoms with van der Waals surface area (Å²) in [6.07, 6.45) is 11.7. The van der Waals surface area contributed by atoms with Crippen molar-refractivity contribution in [2.45, 2.75) is 85.5 Å². The van der Waals surface area contributed by atoms with Crippen molar-refractivity contribution in [2.24, 2.45) is 39.9 Å². The number of fused-ring (bicyclic) bond motifs is 5. The van der Waals surface area contributed by atoms with E-state index in [1.807, 2.05) is 0 Å². The summed E-state index contributed by atoms with van der Waals surface area (Å²) < 4.78 is 0. The highest BCUT2D eigenvalue weighted by Crippen LogP contribution is 2.68. The average molecular weight is 303 g/mol. The smallest absolute Gasteiger partial charge is 0.139 e. The van der Waals surface area contributed by atoms with Crippen LogP contribution in [0, 0.1) is 39.9 Å². The summed E-state index contributed by atoms with van der Waals surface area (Å²) >= 11 is 0. The van der Waals surface area contributed by atoms with Crippen LogP contribution >= 0.6 is 0 Å². The van der Waals surface area contributed by atoms with Crippen molar-refractivity contribution in [2.75, 3.05) is 0 Å². The molecule has 0 aliphatic heterocycles. The van der Waals surface area contributed by atoms with Crippen molar-refractivity contribution >= 4 is 5.78 Å². The molecule has 0 unspecified atom stereocenters. The molecule has 4 aliphatic carbocycles. The van der Waals surface area contributed by atoms with E-state index in [0.29, 0.717) is 22.5 Å². The van der Waals surface area contributed by atoms with Crippen molar-refractivity contribution < 1.29 is 4.79 Å². The maximum Gasteiger partial charge on any atom is 0.139 e. The molecule has 124 valence electrons. The zero-order chi connectivity index (χ0) is 15.8. The molecule has 1 heteroatoms. The number of rotatable bonds is 0. The number of Topliss-reactive ketones (excluding diaryl/α,β-unsaturated/α-hetero) is 1. The van der Waals surface area contributed by atoms with Crippen LogP contribution in [0.5, 0.6) is 0 Å². The predicted molar refractivity (Wildman–Crippen MR) is 90.5 cm³/mol. The van der Waals surface area contributed by atoms with E-state index < -0.39 is 0 Å². The third kappa shape index (κ3) is 1.80. The number of hydrogen-bond acceptors (Lipinski definition) is 1. The van der Waals surface area contributed by atoms with Crippen molar-refractivity contribution in [3.63, 3.8) is 0 Å². The Hall–Kier alpha value is -0.330. The number of ketones is 1. The lowest BCUT2D eigenvalue weighted by Gasteiger charge is -2.63. The van der Waals surface area contributed by atoms with Crippen molar-refractivity contribution in [3.05, 3.63) is 0 Å². The lowest BCUT2D eigenvalue weighted by Crippen LogP contribution is -2.56. The Morgan fingerprint density at radius 1 is 0.864 bits per heavy atom. The number of hydrogen-bond donors (Lipinski definition) is 0. The number of carbonyl (C=O) groups excluding carboxylic acids is 1. The third-order valence-electron chi connectivity index (χ3n) is 9.06. The second-order valence-electron chi connectivity index (χ2n) is 10.3. The van der Waals surface area contributed by atoms with Crippen LogP contribution in [-0.2, 0) is 4.79 Å². The minimum Gasteiger partial charge on any atom is -0.299 e. The van der Waals surface area contributed by atoms with Crippen LogP contribution in [-0.4, -0.2) is 5.78 Å². The highest BCUT2D eigenvalue weighted by molar-refractivity contribution is 5.87. The van der Waals surface area contributed by atoms with Gasteiger partial charge in [-0.25, -0.2) is 0 Å². The van der Waals surface area contributed by atoms with Gasteiger partial charge in [0.2, 0.25) is 0 Å². The van der Waals surface area contributed by atoms with Crippen molar-refractivity contribution in [1.82, 2.24) is 0 Å². The minimum atomic E-state index is 0.0501. The van der Waals surface area contributed by atoms with E-state index in [9.17, 15) is 4.79 Å². The summed E-state index contributed by atoms with van der Waals surface area (Å²) in [5, 5.41) is 0. The van der Waals surface area contributed by atoms with Gasteiger partial charge in [0.15, 0.2) is 0 Å². The first-order chi connectivity index (χ1) is 10.3. The normalized spacial score (nSPS) is 53.5. The summed E-state index contributed by atoms with van der Waals surface area (Å²) in [5.41, 5.74) is 1.14. The van der Waals surface area contributed by atoms with Crippen molar-refractivity contribution in [1.29, 1.82) is 0 Å². The monoisotopic (exact) mass is 302 g/mol. The molecule has 0 bridgehead atoms. The Bertz CT molecular complexity index is 492. The fourth-order valence-electron chi connectivity index (χ4n) is 7.97. The maximum absolute atomic E-state index is 12.5. The Morgan fingerprint density at radius 3 is 2.41 bits per heavy atom. The molecule has 0 heterocycles. The Balaban J connectivity index is 1.68. The van der Waals surface area contributed by atoms with Gasteiger partial charge in [0, 0.05) is 11.8 Å². The molecule has 0 aromatic heterocycles. The Kier molecular flexibility index (Phi) is 3.18. The summed E-state index contributed by atoms with van der Waals surface area (Å²) in [7, 11) is 0. The molecule has 4 fully saturated rings. The summed E-state index contributed by atoms with van der Waals surface area (Å²) in [5.74, 6) is 3.96. The average Bonchev–Trinajstić information content (AvgIpc) is 2.74. The topological polar surface area (TPSA) is 17.1 Å². The van der Waals surface area contributed by atoms with E-state index in [0.717, 1.165) is 24.2 Å². The first-order valence-corrected chi connectivity index (χ1v) is 9.82. The molecule has 6 atom stereocenters. The molecule has 1 nitrogen and oxygen atoms in total. The molecular weight excluding hydrogens is 268 g/mol. The van der Waals surface area contributed by atoms with Gasteiger partial charge in [0.05, 0.1) is 0 Å². The van der Waals surface area contributed by atoms with Gasteiger partial charge in [-0.2, -0.15) is 0 Å². The van der Waals surface area contributed by atoms with Crippen molar-refractivity contribution in [3.8, 4) is 0 Å². The second kappa shape index (κ2) is 4.61. The lowest BCUT2D eigenvalue weighted by atomic mass is 9.42. The van der Waals surface area contributed by atoms with Crippen LogP contribution in [0.1, 0.15) is 85.5 Å². The third-order valence-corrected chi connectivity index (χ3v) is 9.06. The minimum absolute atomic E-state index is 0.0501. The molecule has 0 saturated heterocycles. The molecule has 22 heavy (non-hydrogen) atoms. The molecule has 0 spiro atoms. The van der Waals surface area contributed by atoms with Crippen LogP contribution in [0.15, 0.2) is 0 Å². The van der Waals surface area contributed by atoms with Crippen LogP contribution in [0.3, 0.4) is 0 Å². The Morgan fingerprint density at radius 2 is 1.64 bits per heavy atom. The van der Waals surface area contributed by atoms with E-state index in [1.165, 1.54) is 51.4 Å². The van der Waals surface area contributed by atoms with Gasteiger partial charge in [-0.1, -0.05) is 34.1 Å². The van der Waals surface area contributed by atoms with Gasteiger partial charge < -0.3 is 0 Å². The molecule has 0 radical (unpaired) electrons. The quantitative estimate of drug-likeness (QED) is 0.567. The molecule has 0 N–H and O–H groups in total. The molecule has 4 saturated carbocycles. The zero-order valence-corrected chi connectivity index (χ0v) is 15.1. The fraction of sp³-hybridized carbons (Fsp3) is 0.952. The van der Waals surface area contributed by atoms with Gasteiger partial charge in [-0.15, -0.1) is 0 Å². The first kappa shape index (κ1) is 15.2. The molecule has 4 aliphatic rings. The van der Waals surface area contributed by atoms with E-state index in [4.69, 9.17) is 0 Å². The van der Waals surface area contributed by atoms with Gasteiger partial charge in [0.1, 0.15) is 5.78 Å². The largest absolute Gasteiger partial charge is 0.299 e. The standard InChI is InChI=1S/C21H34O/c1-19(2)11-5-12-20(3)16-10-13-21(4)15(7-9-18(21)22)14(16)6-8-17(19)20/h14-17H,5-13H2,1-4H3/t14-,15-,16-,17-,20+,21+/m0/s1. The van der Waals surface area contributed by atoms with Gasteiger partial charge in [0.25, 0.3) is 0 Å². The van der Waals surface area contributed by atoms with Gasteiger partial charge >= 0.3 is 0 Å². The highest BCUT2D eigenvalue weighted by Gasteiger charge is 2.61. The summed E-state index contributed by atoms with van der Waals surface area (Å²) in [4.78, 5) is 12.5. The molecule has 0 aromatic carbocycles.